The largest absolute Gasteiger partial charge is 0.461 e. The molecule has 1 amide bonds. The van der Waals surface area contributed by atoms with Gasteiger partial charge in [-0.05, 0) is 49.1 Å². The van der Waals surface area contributed by atoms with E-state index >= 15 is 0 Å². The van der Waals surface area contributed by atoms with Crippen molar-refractivity contribution in [2.24, 2.45) is 5.92 Å². The van der Waals surface area contributed by atoms with Crippen molar-refractivity contribution in [2.45, 2.75) is 40.5 Å². The van der Waals surface area contributed by atoms with Gasteiger partial charge in [-0.25, -0.2) is 0 Å². The summed E-state index contributed by atoms with van der Waals surface area (Å²) in [6, 6.07) is 10.2. The van der Waals surface area contributed by atoms with Gasteiger partial charge in [-0.2, -0.15) is 0 Å². The lowest BCUT2D eigenvalue weighted by molar-refractivity contribution is -0.121. The summed E-state index contributed by atoms with van der Waals surface area (Å²) in [5.74, 6) is 2.27. The summed E-state index contributed by atoms with van der Waals surface area (Å²) >= 11 is 0. The number of benzene rings is 1. The van der Waals surface area contributed by atoms with Gasteiger partial charge in [0.2, 0.25) is 5.91 Å². The van der Waals surface area contributed by atoms with Crippen LogP contribution in [0.25, 0.3) is 11.3 Å². The third kappa shape index (κ3) is 4.48. The zero-order valence-corrected chi connectivity index (χ0v) is 13.9. The Morgan fingerprint density at radius 2 is 1.91 bits per heavy atom. The van der Waals surface area contributed by atoms with Gasteiger partial charge in [-0.1, -0.05) is 26.0 Å². The van der Waals surface area contributed by atoms with Crippen molar-refractivity contribution < 1.29 is 9.21 Å². The van der Waals surface area contributed by atoms with Gasteiger partial charge in [0.1, 0.15) is 11.5 Å². The Hall–Kier alpha value is -2.03. The molecule has 1 aromatic heterocycles. The van der Waals surface area contributed by atoms with E-state index < -0.39 is 0 Å². The van der Waals surface area contributed by atoms with Gasteiger partial charge in [0.25, 0.3) is 0 Å². The van der Waals surface area contributed by atoms with Crippen molar-refractivity contribution >= 4 is 5.91 Å². The minimum Gasteiger partial charge on any atom is -0.461 e. The van der Waals surface area contributed by atoms with Gasteiger partial charge in [0.15, 0.2) is 0 Å². The molecule has 0 atom stereocenters. The molecule has 0 radical (unpaired) electrons. The standard InChI is InChI=1S/C19H25NO2/c1-13(2)12-20-19(21)10-8-17-7-9-18(22-17)16-6-5-14(3)15(4)11-16/h5-7,9,11,13H,8,10,12H2,1-4H3,(H,20,21). The van der Waals surface area contributed by atoms with Crippen LogP contribution in [0.3, 0.4) is 0 Å². The van der Waals surface area contributed by atoms with Crippen molar-refractivity contribution in [3.8, 4) is 11.3 Å². The van der Waals surface area contributed by atoms with E-state index in [1.54, 1.807) is 0 Å². The number of nitrogens with one attached hydrogen (secondary N) is 1. The maximum absolute atomic E-state index is 11.7. The predicted molar refractivity (Wildman–Crippen MR) is 89.8 cm³/mol. The minimum atomic E-state index is 0.0813. The van der Waals surface area contributed by atoms with Crippen molar-refractivity contribution in [1.82, 2.24) is 5.32 Å². The third-order valence-corrected chi connectivity index (χ3v) is 3.76. The second-order valence-electron chi connectivity index (χ2n) is 6.26. The fourth-order valence-corrected chi connectivity index (χ4v) is 2.21. The van der Waals surface area contributed by atoms with Gasteiger partial charge in [0.05, 0.1) is 0 Å². The van der Waals surface area contributed by atoms with E-state index in [4.69, 9.17) is 4.42 Å². The highest BCUT2D eigenvalue weighted by Crippen LogP contribution is 2.24. The van der Waals surface area contributed by atoms with Crippen LogP contribution in [0.4, 0.5) is 0 Å². The van der Waals surface area contributed by atoms with E-state index in [1.807, 2.05) is 12.1 Å². The highest BCUT2D eigenvalue weighted by atomic mass is 16.3. The number of hydrogen-bond acceptors (Lipinski definition) is 2. The van der Waals surface area contributed by atoms with Crippen LogP contribution in [0.2, 0.25) is 0 Å². The number of amides is 1. The van der Waals surface area contributed by atoms with Crippen LogP contribution in [0.5, 0.6) is 0 Å². The van der Waals surface area contributed by atoms with Crippen molar-refractivity contribution in [2.75, 3.05) is 6.54 Å². The van der Waals surface area contributed by atoms with Crippen LogP contribution in [0.1, 0.15) is 37.2 Å². The topological polar surface area (TPSA) is 42.2 Å². The third-order valence-electron chi connectivity index (χ3n) is 3.76. The molecule has 22 heavy (non-hydrogen) atoms. The molecule has 1 heterocycles. The molecule has 118 valence electrons. The van der Waals surface area contributed by atoms with Gasteiger partial charge < -0.3 is 9.73 Å². The van der Waals surface area contributed by atoms with Crippen molar-refractivity contribution in [3.05, 3.63) is 47.2 Å². The Bertz CT molecular complexity index is 641. The fourth-order valence-electron chi connectivity index (χ4n) is 2.21. The Balaban J connectivity index is 1.94. The number of hydrogen-bond donors (Lipinski definition) is 1. The van der Waals surface area contributed by atoms with E-state index in [0.717, 1.165) is 23.6 Å². The molecule has 3 heteroatoms. The van der Waals surface area contributed by atoms with E-state index in [0.29, 0.717) is 18.8 Å². The second-order valence-corrected chi connectivity index (χ2v) is 6.26. The highest BCUT2D eigenvalue weighted by Gasteiger charge is 2.08. The maximum Gasteiger partial charge on any atom is 0.220 e. The zero-order chi connectivity index (χ0) is 16.1. The van der Waals surface area contributed by atoms with Gasteiger partial charge in [-0.3, -0.25) is 4.79 Å². The first-order valence-corrected chi connectivity index (χ1v) is 7.88. The number of rotatable bonds is 6. The quantitative estimate of drug-likeness (QED) is 0.865. The molecule has 1 aromatic carbocycles. The molecule has 0 fully saturated rings. The lowest BCUT2D eigenvalue weighted by atomic mass is 10.1. The summed E-state index contributed by atoms with van der Waals surface area (Å²) in [5, 5.41) is 2.92. The predicted octanol–water partition coefficient (Wildman–Crippen LogP) is 4.27. The van der Waals surface area contributed by atoms with Crippen LogP contribution >= 0.6 is 0 Å². The second kappa shape index (κ2) is 7.30. The van der Waals surface area contributed by atoms with E-state index in [9.17, 15) is 4.79 Å². The molecule has 2 aromatic rings. The number of carbonyl (C=O) groups is 1. The summed E-state index contributed by atoms with van der Waals surface area (Å²) in [7, 11) is 0. The lowest BCUT2D eigenvalue weighted by Gasteiger charge is -2.06. The molecule has 0 spiro atoms. The molecule has 0 aliphatic carbocycles. The first kappa shape index (κ1) is 16.3. The molecule has 1 N–H and O–H groups in total. The summed E-state index contributed by atoms with van der Waals surface area (Å²) < 4.78 is 5.86. The zero-order valence-electron chi connectivity index (χ0n) is 13.9. The lowest BCUT2D eigenvalue weighted by Crippen LogP contribution is -2.27. The molecule has 0 unspecified atom stereocenters. The van der Waals surface area contributed by atoms with Crippen molar-refractivity contribution in [3.63, 3.8) is 0 Å². The van der Waals surface area contributed by atoms with Crippen LogP contribution in [0, 0.1) is 19.8 Å². The average Bonchev–Trinajstić information content (AvgIpc) is 2.94. The average molecular weight is 299 g/mol. The molecule has 0 aliphatic rings. The molecular weight excluding hydrogens is 274 g/mol. The summed E-state index contributed by atoms with van der Waals surface area (Å²) in [4.78, 5) is 11.7. The Kier molecular flexibility index (Phi) is 5.42. The summed E-state index contributed by atoms with van der Waals surface area (Å²) in [6.07, 6.45) is 1.10. The normalized spacial score (nSPS) is 11.0. The molecule has 0 saturated carbocycles. The van der Waals surface area contributed by atoms with E-state index in [1.165, 1.54) is 11.1 Å². The molecule has 2 rings (SSSR count). The van der Waals surface area contributed by atoms with Crippen molar-refractivity contribution in [1.29, 1.82) is 0 Å². The maximum atomic E-state index is 11.7. The Morgan fingerprint density at radius 1 is 1.14 bits per heavy atom. The fraction of sp³-hybridized carbons (Fsp3) is 0.421. The smallest absolute Gasteiger partial charge is 0.220 e. The molecule has 3 nitrogen and oxygen atoms in total. The Morgan fingerprint density at radius 3 is 2.59 bits per heavy atom. The summed E-state index contributed by atoms with van der Waals surface area (Å²) in [6.45, 7) is 9.10. The SMILES string of the molecule is Cc1ccc(-c2ccc(CCC(=O)NCC(C)C)o2)cc1C. The molecule has 0 aliphatic heterocycles. The van der Waals surface area contributed by atoms with E-state index in [-0.39, 0.29) is 5.91 Å². The van der Waals surface area contributed by atoms with E-state index in [2.05, 4.69) is 51.2 Å². The molecule has 0 bridgehead atoms. The first-order chi connectivity index (χ1) is 10.5. The summed E-state index contributed by atoms with van der Waals surface area (Å²) in [5.41, 5.74) is 3.61. The monoisotopic (exact) mass is 299 g/mol. The van der Waals surface area contributed by atoms with Crippen LogP contribution in [-0.4, -0.2) is 12.5 Å². The van der Waals surface area contributed by atoms with Crippen LogP contribution < -0.4 is 5.32 Å². The highest BCUT2D eigenvalue weighted by molar-refractivity contribution is 5.76. The van der Waals surface area contributed by atoms with Gasteiger partial charge in [0, 0.05) is 24.9 Å². The Labute approximate surface area is 132 Å². The molecular formula is C19H25NO2. The van der Waals surface area contributed by atoms with Gasteiger partial charge >= 0.3 is 0 Å². The number of carbonyl (C=O) groups excluding carboxylic acids is 1. The van der Waals surface area contributed by atoms with Crippen LogP contribution in [0.15, 0.2) is 34.7 Å². The minimum absolute atomic E-state index is 0.0813. The number of aryl methyl sites for hydroxylation is 3. The number of furan rings is 1. The first-order valence-electron chi connectivity index (χ1n) is 7.88. The van der Waals surface area contributed by atoms with Crippen LogP contribution in [-0.2, 0) is 11.2 Å². The molecule has 0 saturated heterocycles. The van der Waals surface area contributed by atoms with Gasteiger partial charge in [-0.15, -0.1) is 0 Å².